The molecule has 0 bridgehead atoms. The molecule has 0 spiro atoms. The molecule has 1 rings (SSSR count). The van der Waals surface area contributed by atoms with Gasteiger partial charge < -0.3 is 10.1 Å². The first-order chi connectivity index (χ1) is 7.94. The monoisotopic (exact) mass is 242 g/mol. The Morgan fingerprint density at radius 1 is 1.41 bits per heavy atom. The van der Waals surface area contributed by atoms with Gasteiger partial charge in [-0.3, -0.25) is 4.90 Å². The average molecular weight is 242 g/mol. The maximum absolute atomic E-state index is 5.16. The molecule has 0 radical (unpaired) electrons. The topological polar surface area (TPSA) is 24.5 Å². The van der Waals surface area contributed by atoms with Crippen molar-refractivity contribution in [1.82, 2.24) is 10.2 Å². The van der Waals surface area contributed by atoms with Crippen molar-refractivity contribution >= 4 is 0 Å². The molecule has 0 aromatic rings. The molecule has 1 atom stereocenters. The minimum atomic E-state index is 0.335. The van der Waals surface area contributed by atoms with E-state index < -0.39 is 0 Å². The quantitative estimate of drug-likeness (QED) is 0.740. The van der Waals surface area contributed by atoms with Gasteiger partial charge in [0.05, 0.1) is 0 Å². The van der Waals surface area contributed by atoms with E-state index in [1.165, 1.54) is 19.5 Å². The lowest BCUT2D eigenvalue weighted by atomic mass is 9.89. The summed E-state index contributed by atoms with van der Waals surface area (Å²) in [5.41, 5.74) is 0.335. The molecule has 102 valence electrons. The van der Waals surface area contributed by atoms with Crippen molar-refractivity contribution in [3.05, 3.63) is 0 Å². The van der Waals surface area contributed by atoms with Crippen LogP contribution in [-0.4, -0.2) is 50.3 Å². The van der Waals surface area contributed by atoms with Crippen LogP contribution in [0.4, 0.5) is 0 Å². The second kappa shape index (κ2) is 6.72. The minimum Gasteiger partial charge on any atom is -0.385 e. The van der Waals surface area contributed by atoms with Crippen LogP contribution < -0.4 is 5.32 Å². The van der Waals surface area contributed by atoms with E-state index in [2.05, 4.69) is 37.9 Å². The van der Waals surface area contributed by atoms with Gasteiger partial charge in [-0.15, -0.1) is 0 Å². The van der Waals surface area contributed by atoms with E-state index in [0.717, 1.165) is 19.6 Å². The van der Waals surface area contributed by atoms with Crippen molar-refractivity contribution in [2.75, 3.05) is 33.4 Å². The van der Waals surface area contributed by atoms with Gasteiger partial charge in [-0.25, -0.2) is 0 Å². The molecule has 0 saturated carbocycles. The average Bonchev–Trinajstić information content (AvgIpc) is 2.73. The summed E-state index contributed by atoms with van der Waals surface area (Å²) in [5.74, 6) is 0. The van der Waals surface area contributed by atoms with E-state index in [1.54, 1.807) is 7.11 Å². The molecule has 3 nitrogen and oxygen atoms in total. The molecule has 1 unspecified atom stereocenters. The Hall–Kier alpha value is -0.120. The van der Waals surface area contributed by atoms with Crippen molar-refractivity contribution in [3.8, 4) is 0 Å². The lowest BCUT2D eigenvalue weighted by molar-refractivity contribution is 0.148. The Bertz CT molecular complexity index is 216. The van der Waals surface area contributed by atoms with Gasteiger partial charge in [0.2, 0.25) is 0 Å². The molecule has 0 aromatic heterocycles. The van der Waals surface area contributed by atoms with Gasteiger partial charge in [-0.1, -0.05) is 13.8 Å². The highest BCUT2D eigenvalue weighted by molar-refractivity contribution is 4.84. The summed E-state index contributed by atoms with van der Waals surface area (Å²) in [6.07, 6.45) is 2.41. The first-order valence-corrected chi connectivity index (χ1v) is 6.91. The predicted octanol–water partition coefficient (Wildman–Crippen LogP) is 2.12. The van der Waals surface area contributed by atoms with Gasteiger partial charge in [-0.2, -0.15) is 0 Å². The number of hydrogen-bond acceptors (Lipinski definition) is 3. The highest BCUT2D eigenvalue weighted by atomic mass is 16.5. The Balaban J connectivity index is 2.22. The molecule has 1 N–H and O–H groups in total. The molecule has 0 aliphatic carbocycles. The third-order valence-corrected chi connectivity index (χ3v) is 3.80. The van der Waals surface area contributed by atoms with E-state index >= 15 is 0 Å². The van der Waals surface area contributed by atoms with Crippen molar-refractivity contribution in [2.45, 2.75) is 52.6 Å². The van der Waals surface area contributed by atoms with Gasteiger partial charge >= 0.3 is 0 Å². The van der Waals surface area contributed by atoms with Gasteiger partial charge in [0, 0.05) is 38.9 Å². The van der Waals surface area contributed by atoms with Crippen LogP contribution >= 0.6 is 0 Å². The van der Waals surface area contributed by atoms with Crippen molar-refractivity contribution in [2.24, 2.45) is 5.41 Å². The first-order valence-electron chi connectivity index (χ1n) is 6.91. The zero-order valence-corrected chi connectivity index (χ0v) is 12.3. The number of nitrogens with zero attached hydrogens (tertiary/aromatic N) is 1. The molecule has 1 fully saturated rings. The molecular weight excluding hydrogens is 212 g/mol. The zero-order chi connectivity index (χ0) is 12.9. The van der Waals surface area contributed by atoms with Gasteiger partial charge in [0.15, 0.2) is 0 Å². The molecular formula is C14H30N2O. The summed E-state index contributed by atoms with van der Waals surface area (Å²) in [6.45, 7) is 13.6. The van der Waals surface area contributed by atoms with Crippen LogP contribution in [0.3, 0.4) is 0 Å². The maximum atomic E-state index is 5.16. The standard InChI is InChI=1S/C14H30N2O/c1-12(2)16-8-6-13(10-16)15-11-14(3,4)7-9-17-5/h12-13,15H,6-11H2,1-5H3. The minimum absolute atomic E-state index is 0.335. The summed E-state index contributed by atoms with van der Waals surface area (Å²) >= 11 is 0. The van der Waals surface area contributed by atoms with Crippen molar-refractivity contribution < 1.29 is 4.74 Å². The van der Waals surface area contributed by atoms with Crippen LogP contribution in [-0.2, 0) is 4.74 Å². The Kier molecular flexibility index (Phi) is 5.90. The molecule has 0 aromatic carbocycles. The molecule has 1 saturated heterocycles. The van der Waals surface area contributed by atoms with Crippen LogP contribution in [0, 0.1) is 5.41 Å². The highest BCUT2D eigenvalue weighted by Gasteiger charge is 2.26. The van der Waals surface area contributed by atoms with Crippen molar-refractivity contribution in [3.63, 3.8) is 0 Å². The molecule has 0 amide bonds. The third kappa shape index (κ3) is 5.36. The first kappa shape index (κ1) is 14.9. The Morgan fingerprint density at radius 3 is 2.65 bits per heavy atom. The van der Waals surface area contributed by atoms with E-state index in [0.29, 0.717) is 17.5 Å². The maximum Gasteiger partial charge on any atom is 0.0467 e. The number of nitrogens with one attached hydrogen (secondary N) is 1. The van der Waals surface area contributed by atoms with Crippen LogP contribution in [0.1, 0.15) is 40.5 Å². The van der Waals surface area contributed by atoms with Crippen LogP contribution in [0.5, 0.6) is 0 Å². The number of methoxy groups -OCH3 is 1. The number of rotatable bonds is 7. The van der Waals surface area contributed by atoms with Gasteiger partial charge in [0.1, 0.15) is 0 Å². The molecule has 3 heteroatoms. The SMILES string of the molecule is COCCC(C)(C)CNC1CCN(C(C)C)C1. The summed E-state index contributed by atoms with van der Waals surface area (Å²) in [7, 11) is 1.78. The normalized spacial score (nSPS) is 22.6. The molecule has 1 aliphatic rings. The largest absolute Gasteiger partial charge is 0.385 e. The third-order valence-electron chi connectivity index (χ3n) is 3.80. The summed E-state index contributed by atoms with van der Waals surface area (Å²) < 4.78 is 5.16. The summed E-state index contributed by atoms with van der Waals surface area (Å²) in [6, 6.07) is 1.36. The van der Waals surface area contributed by atoms with Crippen LogP contribution in [0.2, 0.25) is 0 Å². The summed E-state index contributed by atoms with van der Waals surface area (Å²) in [5, 5.41) is 3.72. The molecule has 17 heavy (non-hydrogen) atoms. The second-order valence-corrected chi connectivity index (χ2v) is 6.36. The molecule has 1 heterocycles. The number of ether oxygens (including phenoxy) is 1. The van der Waals surface area contributed by atoms with Crippen molar-refractivity contribution in [1.29, 1.82) is 0 Å². The molecule has 1 aliphatic heterocycles. The lowest BCUT2D eigenvalue weighted by Gasteiger charge is -2.27. The highest BCUT2D eigenvalue weighted by Crippen LogP contribution is 2.20. The van der Waals surface area contributed by atoms with Gasteiger partial charge in [-0.05, 0) is 38.6 Å². The lowest BCUT2D eigenvalue weighted by Crippen LogP contribution is -2.40. The van der Waals surface area contributed by atoms with E-state index in [1.807, 2.05) is 0 Å². The van der Waals surface area contributed by atoms with E-state index in [-0.39, 0.29) is 0 Å². The van der Waals surface area contributed by atoms with E-state index in [4.69, 9.17) is 4.74 Å². The number of likely N-dealkylation sites (tertiary alicyclic amines) is 1. The Morgan fingerprint density at radius 2 is 2.12 bits per heavy atom. The van der Waals surface area contributed by atoms with E-state index in [9.17, 15) is 0 Å². The summed E-state index contributed by atoms with van der Waals surface area (Å²) in [4.78, 5) is 2.56. The second-order valence-electron chi connectivity index (χ2n) is 6.36. The van der Waals surface area contributed by atoms with Gasteiger partial charge in [0.25, 0.3) is 0 Å². The zero-order valence-electron chi connectivity index (χ0n) is 12.3. The fraction of sp³-hybridized carbons (Fsp3) is 1.00. The Labute approximate surface area is 107 Å². The smallest absolute Gasteiger partial charge is 0.0467 e. The van der Waals surface area contributed by atoms with Crippen LogP contribution in [0.25, 0.3) is 0 Å². The fourth-order valence-electron chi connectivity index (χ4n) is 2.31. The number of hydrogen-bond donors (Lipinski definition) is 1. The predicted molar refractivity (Wildman–Crippen MR) is 73.4 cm³/mol. The fourth-order valence-corrected chi connectivity index (χ4v) is 2.31. The van der Waals surface area contributed by atoms with Crippen LogP contribution in [0.15, 0.2) is 0 Å².